The van der Waals surface area contributed by atoms with Gasteiger partial charge >= 0.3 is 5.97 Å². The van der Waals surface area contributed by atoms with Gasteiger partial charge in [-0.1, -0.05) is 24.3 Å². The lowest BCUT2D eigenvalue weighted by molar-refractivity contribution is -0.160. The average molecular weight is 336 g/mol. The highest BCUT2D eigenvalue weighted by Crippen LogP contribution is 2.54. The molecular weight excluding hydrogens is 312 g/mol. The molecule has 4 bridgehead atoms. The Balaban J connectivity index is 1.82. The third kappa shape index (κ3) is 1.83. The van der Waals surface area contributed by atoms with Gasteiger partial charge in [-0.3, -0.25) is 9.69 Å². The highest BCUT2D eigenvalue weighted by Gasteiger charge is 2.62. The molecule has 0 amide bonds. The summed E-state index contributed by atoms with van der Waals surface area (Å²) < 4.78 is 5.40. The van der Waals surface area contributed by atoms with Crippen LogP contribution in [0.25, 0.3) is 10.9 Å². The number of para-hydroxylation sites is 1. The van der Waals surface area contributed by atoms with Gasteiger partial charge in [0.2, 0.25) is 0 Å². The Morgan fingerprint density at radius 2 is 2.28 bits per heavy atom. The number of aromatic nitrogens is 1. The minimum atomic E-state index is -0.598. The predicted octanol–water partition coefficient (Wildman–Crippen LogP) is 3.03. The van der Waals surface area contributed by atoms with Crippen molar-refractivity contribution in [2.75, 3.05) is 20.2 Å². The Morgan fingerprint density at radius 3 is 3.08 bits per heavy atom. The van der Waals surface area contributed by atoms with E-state index in [4.69, 9.17) is 4.74 Å². The number of nitrogens with one attached hydrogen (secondary N) is 1. The molecule has 2 saturated heterocycles. The molecule has 0 spiro atoms. The van der Waals surface area contributed by atoms with Crippen molar-refractivity contribution in [3.63, 3.8) is 0 Å². The van der Waals surface area contributed by atoms with E-state index in [1.165, 1.54) is 18.1 Å². The van der Waals surface area contributed by atoms with Crippen molar-refractivity contribution in [3.8, 4) is 0 Å². The van der Waals surface area contributed by atoms with E-state index in [1.807, 2.05) is 0 Å². The van der Waals surface area contributed by atoms with Crippen LogP contribution in [0, 0.1) is 11.8 Å². The van der Waals surface area contributed by atoms with E-state index in [0.29, 0.717) is 11.8 Å². The summed E-state index contributed by atoms with van der Waals surface area (Å²) in [4.78, 5) is 19.4. The molecule has 130 valence electrons. The predicted molar refractivity (Wildman–Crippen MR) is 97.5 cm³/mol. The fourth-order valence-corrected chi connectivity index (χ4v) is 6.00. The summed E-state index contributed by atoms with van der Waals surface area (Å²) in [6, 6.07) is 8.56. The number of fused-ring (bicyclic) bond motifs is 4. The summed E-state index contributed by atoms with van der Waals surface area (Å²) in [5, 5.41) is 1.25. The van der Waals surface area contributed by atoms with Gasteiger partial charge in [0.25, 0.3) is 0 Å². The number of hydrogen-bond acceptors (Lipinski definition) is 3. The lowest BCUT2D eigenvalue weighted by atomic mass is 9.57. The highest BCUT2D eigenvalue weighted by molar-refractivity contribution is 5.91. The maximum Gasteiger partial charge on any atom is 0.319 e. The Labute approximate surface area is 147 Å². The van der Waals surface area contributed by atoms with Crippen molar-refractivity contribution in [2.24, 2.45) is 11.8 Å². The Hall–Kier alpha value is -2.07. The SMILES string of the molecule is C=CC1CC2CN3CCc4c([nH]c5ccccc45)[C@](C(=O)OC)(C2)C13. The number of H-pyrrole nitrogens is 1. The maximum absolute atomic E-state index is 13.2. The number of methoxy groups -OCH3 is 1. The lowest BCUT2D eigenvalue weighted by Crippen LogP contribution is -2.67. The van der Waals surface area contributed by atoms with Gasteiger partial charge < -0.3 is 9.72 Å². The van der Waals surface area contributed by atoms with Gasteiger partial charge in [0.15, 0.2) is 0 Å². The first kappa shape index (κ1) is 15.2. The van der Waals surface area contributed by atoms with Crippen LogP contribution < -0.4 is 0 Å². The molecule has 1 aromatic heterocycles. The number of hydrogen-bond donors (Lipinski definition) is 1. The first-order chi connectivity index (χ1) is 12.2. The molecule has 25 heavy (non-hydrogen) atoms. The van der Waals surface area contributed by atoms with Crippen molar-refractivity contribution in [2.45, 2.75) is 30.7 Å². The standard InChI is InChI=1S/C21H24N2O2/c1-3-14-10-13-11-21(20(24)25-2)18-16(8-9-23(12-13)19(14)21)15-6-4-5-7-17(15)22-18/h3-7,13-14,19,22H,1,8-12H2,2H3/t13?,14?,19?,21-/m1/s1. The zero-order valence-electron chi connectivity index (χ0n) is 14.6. The summed E-state index contributed by atoms with van der Waals surface area (Å²) in [6.07, 6.45) is 5.06. The molecule has 2 aromatic rings. The van der Waals surface area contributed by atoms with Crippen LogP contribution in [-0.4, -0.2) is 42.1 Å². The molecule has 1 saturated carbocycles. The third-order valence-corrected chi connectivity index (χ3v) is 6.77. The van der Waals surface area contributed by atoms with E-state index in [2.05, 4.69) is 46.8 Å². The normalized spacial score (nSPS) is 35.9. The zero-order chi connectivity index (χ0) is 17.2. The van der Waals surface area contributed by atoms with Crippen molar-refractivity contribution in [1.29, 1.82) is 0 Å². The molecule has 1 N–H and O–H groups in total. The molecule has 1 aromatic carbocycles. The van der Waals surface area contributed by atoms with Crippen molar-refractivity contribution in [1.82, 2.24) is 9.88 Å². The zero-order valence-corrected chi connectivity index (χ0v) is 14.6. The van der Waals surface area contributed by atoms with Crippen LogP contribution in [0.5, 0.6) is 0 Å². The molecular formula is C21H24N2O2. The number of carbonyl (C=O) groups excluding carboxylic acids is 1. The van der Waals surface area contributed by atoms with E-state index < -0.39 is 5.41 Å². The van der Waals surface area contributed by atoms with Gasteiger partial charge in [0.1, 0.15) is 5.41 Å². The molecule has 4 unspecified atom stereocenters. The number of rotatable bonds is 2. The topological polar surface area (TPSA) is 45.3 Å². The van der Waals surface area contributed by atoms with Crippen LogP contribution in [-0.2, 0) is 21.4 Å². The molecule has 4 heteroatoms. The number of esters is 1. The molecule has 4 aliphatic rings. The van der Waals surface area contributed by atoms with Crippen LogP contribution in [0.3, 0.4) is 0 Å². The number of ether oxygens (including phenoxy) is 1. The lowest BCUT2D eigenvalue weighted by Gasteiger charge is -2.57. The monoisotopic (exact) mass is 336 g/mol. The fraction of sp³-hybridized carbons (Fsp3) is 0.476. The van der Waals surface area contributed by atoms with Crippen LogP contribution >= 0.6 is 0 Å². The number of benzene rings is 1. The van der Waals surface area contributed by atoms with Gasteiger partial charge in [-0.2, -0.15) is 0 Å². The minimum Gasteiger partial charge on any atom is -0.468 e. The summed E-state index contributed by atoms with van der Waals surface area (Å²) in [5.41, 5.74) is 2.93. The first-order valence-electron chi connectivity index (χ1n) is 9.24. The largest absolute Gasteiger partial charge is 0.468 e. The molecule has 3 aliphatic heterocycles. The fourth-order valence-electron chi connectivity index (χ4n) is 6.00. The average Bonchev–Trinajstić information content (AvgIpc) is 3.00. The first-order valence-corrected chi connectivity index (χ1v) is 9.24. The van der Waals surface area contributed by atoms with Crippen LogP contribution in [0.4, 0.5) is 0 Å². The van der Waals surface area contributed by atoms with Crippen LogP contribution in [0.1, 0.15) is 24.1 Å². The van der Waals surface area contributed by atoms with E-state index in [9.17, 15) is 4.79 Å². The second-order valence-corrected chi connectivity index (χ2v) is 7.88. The summed E-state index contributed by atoms with van der Waals surface area (Å²) in [5.74, 6) is 0.766. The second kappa shape index (κ2) is 5.21. The molecule has 1 aliphatic carbocycles. The van der Waals surface area contributed by atoms with E-state index >= 15 is 0 Å². The van der Waals surface area contributed by atoms with Crippen molar-refractivity contribution < 1.29 is 9.53 Å². The minimum absolute atomic E-state index is 0.0894. The Morgan fingerprint density at radius 1 is 1.44 bits per heavy atom. The molecule has 4 nitrogen and oxygen atoms in total. The van der Waals surface area contributed by atoms with Crippen molar-refractivity contribution in [3.05, 3.63) is 48.2 Å². The molecule has 0 radical (unpaired) electrons. The summed E-state index contributed by atoms with van der Waals surface area (Å²) in [6.45, 7) is 6.18. The molecule has 6 rings (SSSR count). The summed E-state index contributed by atoms with van der Waals surface area (Å²) >= 11 is 0. The van der Waals surface area contributed by atoms with Gasteiger partial charge in [-0.05, 0) is 42.7 Å². The van der Waals surface area contributed by atoms with Gasteiger partial charge in [-0.25, -0.2) is 0 Å². The molecule has 5 atom stereocenters. The summed E-state index contributed by atoms with van der Waals surface area (Å²) in [7, 11) is 1.53. The second-order valence-electron chi connectivity index (χ2n) is 7.88. The van der Waals surface area contributed by atoms with Crippen molar-refractivity contribution >= 4 is 16.9 Å². The van der Waals surface area contributed by atoms with Gasteiger partial charge in [0, 0.05) is 35.7 Å². The van der Waals surface area contributed by atoms with Crippen LogP contribution in [0.2, 0.25) is 0 Å². The van der Waals surface area contributed by atoms with Gasteiger partial charge in [-0.15, -0.1) is 6.58 Å². The van der Waals surface area contributed by atoms with Gasteiger partial charge in [0.05, 0.1) is 7.11 Å². The Kier molecular flexibility index (Phi) is 3.17. The van der Waals surface area contributed by atoms with Crippen LogP contribution in [0.15, 0.2) is 36.9 Å². The molecule has 4 heterocycles. The molecule has 3 fully saturated rings. The van der Waals surface area contributed by atoms with E-state index in [1.54, 1.807) is 0 Å². The highest BCUT2D eigenvalue weighted by atomic mass is 16.5. The number of aromatic amines is 1. The smallest absolute Gasteiger partial charge is 0.319 e. The third-order valence-electron chi connectivity index (χ3n) is 6.77. The Bertz CT molecular complexity index is 870. The van der Waals surface area contributed by atoms with E-state index in [-0.39, 0.29) is 12.0 Å². The number of nitrogens with zero attached hydrogens (tertiary/aromatic N) is 1. The van der Waals surface area contributed by atoms with E-state index in [0.717, 1.165) is 43.6 Å². The maximum atomic E-state index is 13.2. The quantitative estimate of drug-likeness (QED) is 0.677. The number of piperidine rings is 2. The number of carbonyl (C=O) groups is 1.